The first-order chi connectivity index (χ1) is 15.9. The number of carbonyl (C=O) groups is 3. The topological polar surface area (TPSA) is 84.9 Å². The van der Waals surface area contributed by atoms with Gasteiger partial charge in [0.1, 0.15) is 11.5 Å². The van der Waals surface area contributed by atoms with E-state index >= 15 is 0 Å². The highest BCUT2D eigenvalue weighted by atomic mass is 16.5. The van der Waals surface area contributed by atoms with Gasteiger partial charge in [-0.3, -0.25) is 14.4 Å². The molecule has 1 aliphatic rings. The number of ether oxygens (including phenoxy) is 2. The molecule has 3 rings (SSSR count). The molecule has 2 aromatic rings. The molecular formula is C26H32N2O5. The zero-order valence-electron chi connectivity index (χ0n) is 19.3. The Kier molecular flexibility index (Phi) is 8.87. The fourth-order valence-corrected chi connectivity index (χ4v) is 3.86. The third-order valence-corrected chi connectivity index (χ3v) is 5.73. The molecule has 176 valence electrons. The summed E-state index contributed by atoms with van der Waals surface area (Å²) >= 11 is 0. The molecule has 7 heteroatoms. The highest BCUT2D eigenvalue weighted by molar-refractivity contribution is 5.94. The molecule has 1 heterocycles. The Morgan fingerprint density at radius 2 is 1.82 bits per heavy atom. The van der Waals surface area contributed by atoms with E-state index in [4.69, 9.17) is 9.47 Å². The lowest BCUT2D eigenvalue weighted by Crippen LogP contribution is -2.41. The molecule has 1 aliphatic heterocycles. The molecule has 2 aromatic carbocycles. The van der Waals surface area contributed by atoms with Gasteiger partial charge in [0, 0.05) is 38.5 Å². The molecule has 1 fully saturated rings. The van der Waals surface area contributed by atoms with E-state index in [0.717, 1.165) is 24.2 Å². The lowest BCUT2D eigenvalue weighted by molar-refractivity contribution is -0.131. The molecule has 0 spiro atoms. The molecule has 0 unspecified atom stereocenters. The summed E-state index contributed by atoms with van der Waals surface area (Å²) in [7, 11) is 0. The number of nitrogens with one attached hydrogen (secondary N) is 1. The van der Waals surface area contributed by atoms with Gasteiger partial charge in [-0.15, -0.1) is 0 Å². The van der Waals surface area contributed by atoms with E-state index in [2.05, 4.69) is 5.32 Å². The van der Waals surface area contributed by atoms with Gasteiger partial charge in [0.15, 0.2) is 0 Å². The summed E-state index contributed by atoms with van der Waals surface area (Å²) in [6, 6.07) is 14.5. The minimum Gasteiger partial charge on any atom is -0.493 e. The Balaban J connectivity index is 1.34. The molecule has 0 aliphatic carbocycles. The van der Waals surface area contributed by atoms with Gasteiger partial charge in [0.2, 0.25) is 5.91 Å². The number of para-hydroxylation sites is 1. The Bertz CT molecular complexity index is 967. The van der Waals surface area contributed by atoms with E-state index in [1.807, 2.05) is 36.1 Å². The van der Waals surface area contributed by atoms with Crippen LogP contribution >= 0.6 is 0 Å². The minimum absolute atomic E-state index is 0.0316. The predicted molar refractivity (Wildman–Crippen MR) is 125 cm³/mol. The quantitative estimate of drug-likeness (QED) is 0.356. The van der Waals surface area contributed by atoms with Gasteiger partial charge >= 0.3 is 5.97 Å². The van der Waals surface area contributed by atoms with Crippen LogP contribution in [-0.4, -0.2) is 48.9 Å². The molecule has 0 bridgehead atoms. The van der Waals surface area contributed by atoms with Gasteiger partial charge in [-0.05, 0) is 61.9 Å². The third-order valence-electron chi connectivity index (χ3n) is 5.73. The first kappa shape index (κ1) is 24.3. The number of piperidine rings is 1. The molecule has 0 radical (unpaired) electrons. The van der Waals surface area contributed by atoms with Crippen LogP contribution in [0.2, 0.25) is 0 Å². The van der Waals surface area contributed by atoms with Crippen molar-refractivity contribution in [1.82, 2.24) is 10.2 Å². The van der Waals surface area contributed by atoms with Crippen LogP contribution in [0.5, 0.6) is 11.5 Å². The van der Waals surface area contributed by atoms with E-state index in [1.54, 1.807) is 24.3 Å². The number of benzene rings is 2. The summed E-state index contributed by atoms with van der Waals surface area (Å²) < 4.78 is 10.8. The van der Waals surface area contributed by atoms with E-state index in [0.29, 0.717) is 56.3 Å². The van der Waals surface area contributed by atoms with Gasteiger partial charge in [-0.25, -0.2) is 0 Å². The van der Waals surface area contributed by atoms with Crippen LogP contribution < -0.4 is 14.8 Å². The summed E-state index contributed by atoms with van der Waals surface area (Å²) in [5, 5.41) is 3.02. The summed E-state index contributed by atoms with van der Waals surface area (Å²) in [6.45, 7) is 5.75. The van der Waals surface area contributed by atoms with Crippen LogP contribution in [0.15, 0.2) is 48.5 Å². The molecule has 0 aromatic heterocycles. The maximum Gasteiger partial charge on any atom is 0.308 e. The molecule has 1 saturated heterocycles. The summed E-state index contributed by atoms with van der Waals surface area (Å²) in [4.78, 5) is 37.9. The van der Waals surface area contributed by atoms with Crippen molar-refractivity contribution in [3.63, 3.8) is 0 Å². The zero-order valence-corrected chi connectivity index (χ0v) is 19.3. The molecule has 33 heavy (non-hydrogen) atoms. The lowest BCUT2D eigenvalue weighted by Gasteiger charge is -2.32. The van der Waals surface area contributed by atoms with Crippen LogP contribution in [0.4, 0.5) is 0 Å². The van der Waals surface area contributed by atoms with Crippen LogP contribution in [0.3, 0.4) is 0 Å². The van der Waals surface area contributed by atoms with Crippen molar-refractivity contribution in [3.8, 4) is 11.5 Å². The van der Waals surface area contributed by atoms with Crippen LogP contribution in [-0.2, 0) is 9.59 Å². The van der Waals surface area contributed by atoms with Crippen molar-refractivity contribution in [2.75, 3.05) is 26.2 Å². The molecule has 7 nitrogen and oxygen atoms in total. The smallest absolute Gasteiger partial charge is 0.308 e. The summed E-state index contributed by atoms with van der Waals surface area (Å²) in [5.74, 6) is 1.13. The van der Waals surface area contributed by atoms with E-state index in [1.165, 1.54) is 6.92 Å². The fourth-order valence-electron chi connectivity index (χ4n) is 3.86. The second-order valence-electron chi connectivity index (χ2n) is 8.38. The van der Waals surface area contributed by atoms with Crippen molar-refractivity contribution in [2.45, 2.75) is 39.5 Å². The average Bonchev–Trinajstić information content (AvgIpc) is 2.81. The molecule has 1 N–H and O–H groups in total. The highest BCUT2D eigenvalue weighted by Crippen LogP contribution is 2.21. The number of aryl methyl sites for hydroxylation is 1. The third kappa shape index (κ3) is 7.63. The number of carbonyl (C=O) groups excluding carboxylic acids is 3. The van der Waals surface area contributed by atoms with E-state index in [9.17, 15) is 14.4 Å². The predicted octanol–water partition coefficient (Wildman–Crippen LogP) is 3.75. The monoisotopic (exact) mass is 452 g/mol. The van der Waals surface area contributed by atoms with Crippen LogP contribution in [0, 0.1) is 12.8 Å². The summed E-state index contributed by atoms with van der Waals surface area (Å²) in [5.41, 5.74) is 1.59. The maximum atomic E-state index is 12.8. The fraction of sp³-hybridized carbons (Fsp3) is 0.423. The van der Waals surface area contributed by atoms with Gasteiger partial charge in [-0.1, -0.05) is 24.3 Å². The lowest BCUT2D eigenvalue weighted by atomic mass is 9.96. The standard InChI is InChI=1S/C26H32N2O5/c1-19-7-3-4-10-24(19)32-16-6-11-25(30)27-18-21-12-14-28(15-13-21)26(31)22-8-5-9-23(17-22)33-20(2)29/h3-5,7-10,17,21H,6,11-16,18H2,1-2H3,(H,27,30). The number of rotatable bonds is 9. The zero-order chi connectivity index (χ0) is 23.6. The Morgan fingerprint density at radius 1 is 1.06 bits per heavy atom. The number of likely N-dealkylation sites (tertiary alicyclic amines) is 1. The largest absolute Gasteiger partial charge is 0.493 e. The molecule has 0 saturated carbocycles. The van der Waals surface area contributed by atoms with Crippen molar-refractivity contribution in [2.24, 2.45) is 5.92 Å². The van der Waals surface area contributed by atoms with Crippen molar-refractivity contribution in [1.29, 1.82) is 0 Å². The van der Waals surface area contributed by atoms with E-state index in [-0.39, 0.29) is 11.8 Å². The minimum atomic E-state index is -0.415. The molecular weight excluding hydrogens is 420 g/mol. The Morgan fingerprint density at radius 3 is 2.55 bits per heavy atom. The van der Waals surface area contributed by atoms with E-state index < -0.39 is 5.97 Å². The first-order valence-corrected chi connectivity index (χ1v) is 11.5. The van der Waals surface area contributed by atoms with Crippen LogP contribution in [0.25, 0.3) is 0 Å². The number of amides is 2. The Labute approximate surface area is 195 Å². The first-order valence-electron chi connectivity index (χ1n) is 11.5. The summed E-state index contributed by atoms with van der Waals surface area (Å²) in [6.07, 6.45) is 2.78. The number of hydrogen-bond donors (Lipinski definition) is 1. The van der Waals surface area contributed by atoms with Gasteiger partial charge in [-0.2, -0.15) is 0 Å². The van der Waals surface area contributed by atoms with Gasteiger partial charge in [0.25, 0.3) is 5.91 Å². The van der Waals surface area contributed by atoms with Crippen LogP contribution in [0.1, 0.15) is 48.5 Å². The molecule has 0 atom stereocenters. The Hall–Kier alpha value is -3.35. The van der Waals surface area contributed by atoms with Crippen molar-refractivity contribution >= 4 is 17.8 Å². The number of esters is 1. The molecule has 2 amide bonds. The van der Waals surface area contributed by atoms with Crippen molar-refractivity contribution in [3.05, 3.63) is 59.7 Å². The van der Waals surface area contributed by atoms with Crippen molar-refractivity contribution < 1.29 is 23.9 Å². The number of nitrogens with zero attached hydrogens (tertiary/aromatic N) is 1. The number of hydrogen-bond acceptors (Lipinski definition) is 5. The highest BCUT2D eigenvalue weighted by Gasteiger charge is 2.24. The van der Waals surface area contributed by atoms with Gasteiger partial charge < -0.3 is 19.7 Å². The average molecular weight is 453 g/mol. The second-order valence-corrected chi connectivity index (χ2v) is 8.38. The SMILES string of the molecule is CC(=O)Oc1cccc(C(=O)N2CCC(CNC(=O)CCCOc3ccccc3C)CC2)c1. The maximum absolute atomic E-state index is 12.8. The van der Waals surface area contributed by atoms with Gasteiger partial charge in [0.05, 0.1) is 6.61 Å². The normalized spacial score (nSPS) is 13.9. The second kappa shape index (κ2) is 12.0.